The Kier molecular flexibility index (Phi) is 8.49. The second kappa shape index (κ2) is 11.4. The molecule has 3 rings (SSSR count). The number of amides is 3. The molecule has 198 valence electrons. The van der Waals surface area contributed by atoms with Crippen LogP contribution in [0.2, 0.25) is 0 Å². The van der Waals surface area contributed by atoms with Crippen LogP contribution in [0.4, 0.5) is 4.79 Å². The minimum atomic E-state index is -1.31. The first kappa shape index (κ1) is 27.6. The Hall–Kier alpha value is -3.99. The standard InChI is InChI=1S/C26H34N6O5/c1-25(2,3)37-24(35)29-26(4,5)23(34)28-19(16-36-15-17-10-8-7-9-11-17)21-31-30-20-13-12-18(14-32(20)21)22(33)27-6/h7-14,19H,15-16H2,1-6H3,(H,27,33)(H,28,34)(H,29,35)/t19-/m1/s1. The summed E-state index contributed by atoms with van der Waals surface area (Å²) in [5, 5.41) is 16.5. The van der Waals surface area contributed by atoms with E-state index in [0.717, 1.165) is 5.56 Å². The molecule has 0 saturated carbocycles. The average molecular weight is 511 g/mol. The highest BCUT2D eigenvalue weighted by molar-refractivity contribution is 5.94. The van der Waals surface area contributed by atoms with Gasteiger partial charge in [0, 0.05) is 13.2 Å². The van der Waals surface area contributed by atoms with Crippen LogP contribution in [0.25, 0.3) is 5.65 Å². The maximum absolute atomic E-state index is 13.3. The number of hydrogen-bond donors (Lipinski definition) is 3. The first-order valence-corrected chi connectivity index (χ1v) is 11.9. The van der Waals surface area contributed by atoms with Crippen molar-refractivity contribution in [3.8, 4) is 0 Å². The van der Waals surface area contributed by atoms with Gasteiger partial charge in [0.2, 0.25) is 5.91 Å². The molecule has 11 nitrogen and oxygen atoms in total. The Bertz CT molecular complexity index is 1250. The number of pyridine rings is 1. The van der Waals surface area contributed by atoms with Crippen LogP contribution < -0.4 is 16.0 Å². The lowest BCUT2D eigenvalue weighted by Gasteiger charge is -2.29. The number of rotatable bonds is 9. The Morgan fingerprint density at radius 2 is 1.70 bits per heavy atom. The van der Waals surface area contributed by atoms with Crippen LogP contribution in [0.15, 0.2) is 48.7 Å². The summed E-state index contributed by atoms with van der Waals surface area (Å²) in [4.78, 5) is 37.8. The summed E-state index contributed by atoms with van der Waals surface area (Å²) in [6, 6.07) is 12.2. The van der Waals surface area contributed by atoms with Gasteiger partial charge in [-0.2, -0.15) is 0 Å². The van der Waals surface area contributed by atoms with Gasteiger partial charge in [-0.05, 0) is 52.3 Å². The van der Waals surface area contributed by atoms with Gasteiger partial charge in [0.05, 0.1) is 18.8 Å². The highest BCUT2D eigenvalue weighted by Gasteiger charge is 2.34. The molecule has 0 bridgehead atoms. The van der Waals surface area contributed by atoms with Gasteiger partial charge < -0.3 is 25.4 Å². The minimum absolute atomic E-state index is 0.0636. The van der Waals surface area contributed by atoms with Crippen LogP contribution >= 0.6 is 0 Å². The maximum Gasteiger partial charge on any atom is 0.408 e. The van der Waals surface area contributed by atoms with Gasteiger partial charge in [0.25, 0.3) is 5.91 Å². The quantitative estimate of drug-likeness (QED) is 0.403. The molecule has 0 aliphatic heterocycles. The van der Waals surface area contributed by atoms with E-state index in [9.17, 15) is 14.4 Å². The summed E-state index contributed by atoms with van der Waals surface area (Å²) in [5.41, 5.74) is -0.164. The van der Waals surface area contributed by atoms with E-state index in [-0.39, 0.29) is 12.5 Å². The van der Waals surface area contributed by atoms with E-state index in [0.29, 0.717) is 23.6 Å². The summed E-state index contributed by atoms with van der Waals surface area (Å²) in [7, 11) is 1.54. The predicted octanol–water partition coefficient (Wildman–Crippen LogP) is 2.77. The van der Waals surface area contributed by atoms with Crippen molar-refractivity contribution in [3.63, 3.8) is 0 Å². The van der Waals surface area contributed by atoms with Crippen molar-refractivity contribution in [3.05, 3.63) is 65.6 Å². The third-order valence-corrected chi connectivity index (χ3v) is 5.31. The molecule has 0 aliphatic rings. The molecule has 1 atom stereocenters. The summed E-state index contributed by atoms with van der Waals surface area (Å²) >= 11 is 0. The third kappa shape index (κ3) is 7.50. The fraction of sp³-hybridized carbons (Fsp3) is 0.423. The molecule has 2 aromatic heterocycles. The lowest BCUT2D eigenvalue weighted by atomic mass is 10.0. The molecular weight excluding hydrogens is 476 g/mol. The zero-order valence-corrected chi connectivity index (χ0v) is 22.0. The van der Waals surface area contributed by atoms with Crippen molar-refractivity contribution in [2.75, 3.05) is 13.7 Å². The van der Waals surface area contributed by atoms with E-state index < -0.39 is 29.2 Å². The maximum atomic E-state index is 13.3. The number of fused-ring (bicyclic) bond motifs is 1. The van der Waals surface area contributed by atoms with Gasteiger partial charge in [-0.15, -0.1) is 10.2 Å². The van der Waals surface area contributed by atoms with E-state index in [1.807, 2.05) is 30.3 Å². The number of aromatic nitrogens is 3. The topological polar surface area (TPSA) is 136 Å². The molecule has 11 heteroatoms. The zero-order chi connectivity index (χ0) is 27.2. The van der Waals surface area contributed by atoms with Crippen molar-refractivity contribution in [1.82, 2.24) is 30.5 Å². The summed E-state index contributed by atoms with van der Waals surface area (Å²) < 4.78 is 12.9. The smallest absolute Gasteiger partial charge is 0.408 e. The summed E-state index contributed by atoms with van der Waals surface area (Å²) in [5.74, 6) is -0.383. The summed E-state index contributed by atoms with van der Waals surface area (Å²) in [6.07, 6.45) is 0.886. The molecule has 3 aromatic rings. The van der Waals surface area contributed by atoms with Crippen molar-refractivity contribution >= 4 is 23.6 Å². The molecular formula is C26H34N6O5. The number of nitrogens with zero attached hydrogens (tertiary/aromatic N) is 3. The number of carbonyl (C=O) groups excluding carboxylic acids is 3. The van der Waals surface area contributed by atoms with E-state index in [1.165, 1.54) is 0 Å². The van der Waals surface area contributed by atoms with Crippen LogP contribution in [0.3, 0.4) is 0 Å². The van der Waals surface area contributed by atoms with Crippen molar-refractivity contribution in [2.24, 2.45) is 0 Å². The van der Waals surface area contributed by atoms with E-state index in [2.05, 4.69) is 26.1 Å². The molecule has 3 N–H and O–H groups in total. The zero-order valence-electron chi connectivity index (χ0n) is 22.0. The number of nitrogens with one attached hydrogen (secondary N) is 3. The molecule has 3 amide bonds. The number of benzene rings is 1. The molecule has 37 heavy (non-hydrogen) atoms. The Morgan fingerprint density at radius 1 is 1.00 bits per heavy atom. The highest BCUT2D eigenvalue weighted by Crippen LogP contribution is 2.18. The third-order valence-electron chi connectivity index (χ3n) is 5.31. The van der Waals surface area contributed by atoms with Crippen LogP contribution in [-0.2, 0) is 20.9 Å². The molecule has 1 aromatic carbocycles. The highest BCUT2D eigenvalue weighted by atomic mass is 16.6. The fourth-order valence-corrected chi connectivity index (χ4v) is 3.43. The largest absolute Gasteiger partial charge is 0.444 e. The van der Waals surface area contributed by atoms with Crippen molar-refractivity contribution in [1.29, 1.82) is 0 Å². The van der Waals surface area contributed by atoms with Crippen LogP contribution in [0.5, 0.6) is 0 Å². The Labute approximate surface area is 215 Å². The second-order valence-electron chi connectivity index (χ2n) is 10.1. The lowest BCUT2D eigenvalue weighted by Crippen LogP contribution is -2.56. The SMILES string of the molecule is CNC(=O)c1ccc2nnc([C@@H](COCc3ccccc3)NC(=O)C(C)(C)NC(=O)OC(C)(C)C)n2c1. The first-order valence-electron chi connectivity index (χ1n) is 11.9. The monoisotopic (exact) mass is 510 g/mol. The van der Waals surface area contributed by atoms with Gasteiger partial charge >= 0.3 is 6.09 Å². The van der Waals surface area contributed by atoms with Gasteiger partial charge in [0.15, 0.2) is 11.5 Å². The number of carbonyl (C=O) groups is 3. The van der Waals surface area contributed by atoms with Crippen molar-refractivity contribution in [2.45, 2.75) is 58.4 Å². The number of hydrogen-bond acceptors (Lipinski definition) is 7. The second-order valence-corrected chi connectivity index (χ2v) is 10.1. The van der Waals surface area contributed by atoms with Gasteiger partial charge in [0.1, 0.15) is 17.2 Å². The number of ether oxygens (including phenoxy) is 2. The lowest BCUT2D eigenvalue weighted by molar-refractivity contribution is -0.127. The fourth-order valence-electron chi connectivity index (χ4n) is 3.43. The van der Waals surface area contributed by atoms with Gasteiger partial charge in [-0.3, -0.25) is 14.0 Å². The molecule has 0 radical (unpaired) electrons. The molecule has 0 unspecified atom stereocenters. The minimum Gasteiger partial charge on any atom is -0.444 e. The normalized spacial score (nSPS) is 12.6. The number of alkyl carbamates (subject to hydrolysis) is 1. The first-order chi connectivity index (χ1) is 17.4. The molecule has 0 fully saturated rings. The Balaban J connectivity index is 1.85. The van der Waals surface area contributed by atoms with E-state index >= 15 is 0 Å². The Morgan fingerprint density at radius 3 is 2.35 bits per heavy atom. The van der Waals surface area contributed by atoms with E-state index in [1.54, 1.807) is 64.4 Å². The molecule has 0 aliphatic carbocycles. The van der Waals surface area contributed by atoms with Crippen LogP contribution in [0, 0.1) is 0 Å². The van der Waals surface area contributed by atoms with Crippen molar-refractivity contribution < 1.29 is 23.9 Å². The van der Waals surface area contributed by atoms with Gasteiger partial charge in [-0.25, -0.2) is 4.79 Å². The predicted molar refractivity (Wildman–Crippen MR) is 137 cm³/mol. The van der Waals surface area contributed by atoms with Crippen LogP contribution in [0.1, 0.15) is 62.4 Å². The molecule has 0 saturated heterocycles. The van der Waals surface area contributed by atoms with Gasteiger partial charge in [-0.1, -0.05) is 30.3 Å². The van der Waals surface area contributed by atoms with Crippen LogP contribution in [-0.4, -0.2) is 57.3 Å². The molecule has 0 spiro atoms. The summed E-state index contributed by atoms with van der Waals surface area (Å²) in [6.45, 7) is 8.73. The van der Waals surface area contributed by atoms with E-state index in [4.69, 9.17) is 9.47 Å². The molecule has 2 heterocycles. The average Bonchev–Trinajstić information content (AvgIpc) is 3.25.